The van der Waals surface area contributed by atoms with Crippen LogP contribution in [-0.2, 0) is 6.42 Å². The average molecular weight is 272 g/mol. The van der Waals surface area contributed by atoms with Gasteiger partial charge >= 0.3 is 0 Å². The van der Waals surface area contributed by atoms with E-state index in [9.17, 15) is 10.2 Å². The summed E-state index contributed by atoms with van der Waals surface area (Å²) in [7, 11) is 0. The standard InChI is InChI=1S/C16H18O2.C2H6/c1-10(2)8-9-12-11(3)15(17)13-6-4-5-7-14(13)16(12)18;1-2/h4-8,17-18H,9H2,1-3H3;1-2H3. The maximum Gasteiger partial charge on any atom is 0.127 e. The predicted octanol–water partition coefficient (Wildman–Crippen LogP) is 5.09. The molecule has 0 fully saturated rings. The van der Waals surface area contributed by atoms with Crippen molar-refractivity contribution in [1.29, 1.82) is 0 Å². The molecule has 0 amide bonds. The van der Waals surface area contributed by atoms with E-state index >= 15 is 0 Å². The number of rotatable bonds is 2. The minimum Gasteiger partial charge on any atom is -0.507 e. The first-order valence-corrected chi connectivity index (χ1v) is 7.08. The largest absolute Gasteiger partial charge is 0.507 e. The van der Waals surface area contributed by atoms with Gasteiger partial charge in [-0.15, -0.1) is 0 Å². The molecule has 0 heterocycles. The molecule has 2 aromatic carbocycles. The Bertz CT molecular complexity index is 621. The molecular formula is C18H24O2. The highest BCUT2D eigenvalue weighted by Gasteiger charge is 2.14. The molecule has 2 nitrogen and oxygen atoms in total. The van der Waals surface area contributed by atoms with Crippen LogP contribution in [0.3, 0.4) is 0 Å². The Morgan fingerprint density at radius 1 is 1.00 bits per heavy atom. The molecule has 0 atom stereocenters. The molecule has 108 valence electrons. The highest BCUT2D eigenvalue weighted by atomic mass is 16.3. The van der Waals surface area contributed by atoms with Crippen molar-refractivity contribution in [3.63, 3.8) is 0 Å². The first-order valence-electron chi connectivity index (χ1n) is 7.08. The molecule has 0 saturated carbocycles. The SMILES string of the molecule is CC.CC(C)=CCc1c(C)c(O)c2ccccc2c1O. The topological polar surface area (TPSA) is 40.5 Å². The Morgan fingerprint density at radius 3 is 2.00 bits per heavy atom. The van der Waals surface area contributed by atoms with Crippen LogP contribution in [0.25, 0.3) is 10.8 Å². The summed E-state index contributed by atoms with van der Waals surface area (Å²) in [5.74, 6) is 0.541. The van der Waals surface area contributed by atoms with Crippen LogP contribution in [0.4, 0.5) is 0 Å². The van der Waals surface area contributed by atoms with Crippen molar-refractivity contribution < 1.29 is 10.2 Å². The number of fused-ring (bicyclic) bond motifs is 1. The Labute approximate surface area is 121 Å². The zero-order valence-corrected chi connectivity index (χ0v) is 13.0. The lowest BCUT2D eigenvalue weighted by molar-refractivity contribution is 0.461. The van der Waals surface area contributed by atoms with Gasteiger partial charge in [0.15, 0.2) is 0 Å². The summed E-state index contributed by atoms with van der Waals surface area (Å²) in [6.45, 7) is 9.89. The fourth-order valence-corrected chi connectivity index (χ4v) is 2.14. The van der Waals surface area contributed by atoms with Gasteiger partial charge in [0.2, 0.25) is 0 Å². The fraction of sp³-hybridized carbons (Fsp3) is 0.333. The second-order valence-corrected chi connectivity index (χ2v) is 4.83. The number of aromatic hydroxyl groups is 2. The van der Waals surface area contributed by atoms with Crippen molar-refractivity contribution in [3.05, 3.63) is 47.0 Å². The summed E-state index contributed by atoms with van der Waals surface area (Å²) in [6.07, 6.45) is 2.69. The number of benzene rings is 2. The van der Waals surface area contributed by atoms with Gasteiger partial charge in [-0.25, -0.2) is 0 Å². The van der Waals surface area contributed by atoms with Crippen molar-refractivity contribution in [3.8, 4) is 11.5 Å². The molecule has 0 saturated heterocycles. The Morgan fingerprint density at radius 2 is 1.50 bits per heavy atom. The van der Waals surface area contributed by atoms with Crippen molar-refractivity contribution in [2.24, 2.45) is 0 Å². The van der Waals surface area contributed by atoms with Crippen molar-refractivity contribution in [2.75, 3.05) is 0 Å². The second-order valence-electron chi connectivity index (χ2n) is 4.83. The van der Waals surface area contributed by atoms with Crippen LogP contribution in [0.15, 0.2) is 35.9 Å². The molecule has 0 unspecified atom stereocenters. The highest BCUT2D eigenvalue weighted by Crippen LogP contribution is 2.39. The predicted molar refractivity (Wildman–Crippen MR) is 86.5 cm³/mol. The Balaban J connectivity index is 0.000000956. The first-order chi connectivity index (χ1) is 9.52. The van der Waals surface area contributed by atoms with E-state index in [1.54, 1.807) is 0 Å². The quantitative estimate of drug-likeness (QED) is 0.590. The van der Waals surface area contributed by atoms with Gasteiger partial charge in [0.25, 0.3) is 0 Å². The summed E-state index contributed by atoms with van der Waals surface area (Å²) in [5.41, 5.74) is 2.75. The summed E-state index contributed by atoms with van der Waals surface area (Å²) >= 11 is 0. The van der Waals surface area contributed by atoms with Gasteiger partial charge < -0.3 is 10.2 Å². The van der Waals surface area contributed by atoms with E-state index in [1.807, 2.05) is 58.9 Å². The third-order valence-corrected chi connectivity index (χ3v) is 3.25. The zero-order valence-electron chi connectivity index (χ0n) is 13.0. The molecule has 0 aliphatic rings. The normalized spacial score (nSPS) is 9.85. The van der Waals surface area contributed by atoms with Gasteiger partial charge in [0, 0.05) is 16.3 Å². The fourth-order valence-electron chi connectivity index (χ4n) is 2.14. The molecule has 2 N–H and O–H groups in total. The summed E-state index contributed by atoms with van der Waals surface area (Å²) in [5, 5.41) is 21.9. The van der Waals surface area contributed by atoms with Crippen molar-refractivity contribution >= 4 is 10.8 Å². The van der Waals surface area contributed by atoms with Crippen LogP contribution in [0.2, 0.25) is 0 Å². The van der Waals surface area contributed by atoms with Crippen molar-refractivity contribution in [1.82, 2.24) is 0 Å². The van der Waals surface area contributed by atoms with E-state index in [4.69, 9.17) is 0 Å². The van der Waals surface area contributed by atoms with Gasteiger partial charge in [-0.2, -0.15) is 0 Å². The van der Waals surface area contributed by atoms with Crippen LogP contribution in [0.5, 0.6) is 11.5 Å². The van der Waals surface area contributed by atoms with E-state index in [-0.39, 0.29) is 11.5 Å². The molecule has 0 aromatic heterocycles. The highest BCUT2D eigenvalue weighted by molar-refractivity contribution is 5.95. The number of hydrogen-bond donors (Lipinski definition) is 2. The molecular weight excluding hydrogens is 248 g/mol. The third kappa shape index (κ3) is 3.13. The van der Waals surface area contributed by atoms with E-state index in [0.717, 1.165) is 11.1 Å². The molecule has 2 rings (SSSR count). The van der Waals surface area contributed by atoms with Gasteiger partial charge in [-0.1, -0.05) is 49.8 Å². The first kappa shape index (κ1) is 16.1. The third-order valence-electron chi connectivity index (χ3n) is 3.25. The summed E-state index contributed by atoms with van der Waals surface area (Å²) in [6, 6.07) is 7.37. The van der Waals surface area contributed by atoms with Gasteiger partial charge in [-0.05, 0) is 32.8 Å². The Hall–Kier alpha value is -1.96. The maximum absolute atomic E-state index is 10.3. The lowest BCUT2D eigenvalue weighted by Gasteiger charge is -2.13. The maximum atomic E-state index is 10.3. The molecule has 0 spiro atoms. The van der Waals surface area contributed by atoms with Crippen molar-refractivity contribution in [2.45, 2.75) is 41.0 Å². The Kier molecular flexibility index (Phi) is 5.63. The number of allylic oxidation sites excluding steroid dienone is 2. The number of hydrogen-bond acceptors (Lipinski definition) is 2. The van der Waals surface area contributed by atoms with E-state index in [1.165, 1.54) is 5.57 Å². The lowest BCUT2D eigenvalue weighted by atomic mass is 9.96. The summed E-state index contributed by atoms with van der Waals surface area (Å²) < 4.78 is 0. The minimum atomic E-state index is 0.264. The lowest BCUT2D eigenvalue weighted by Crippen LogP contribution is -1.92. The zero-order chi connectivity index (χ0) is 15.3. The molecule has 20 heavy (non-hydrogen) atoms. The molecule has 0 aliphatic heterocycles. The minimum absolute atomic E-state index is 0.264. The van der Waals surface area contributed by atoms with E-state index in [0.29, 0.717) is 17.2 Å². The molecule has 0 radical (unpaired) electrons. The van der Waals surface area contributed by atoms with Crippen LogP contribution in [0.1, 0.15) is 38.8 Å². The van der Waals surface area contributed by atoms with Crippen LogP contribution in [-0.4, -0.2) is 10.2 Å². The van der Waals surface area contributed by atoms with E-state index in [2.05, 4.69) is 6.08 Å². The monoisotopic (exact) mass is 272 g/mol. The molecule has 0 bridgehead atoms. The van der Waals surface area contributed by atoms with Gasteiger partial charge in [0.05, 0.1) is 0 Å². The summed E-state index contributed by atoms with van der Waals surface area (Å²) in [4.78, 5) is 0. The number of phenols is 2. The second kappa shape index (κ2) is 6.99. The molecule has 2 aromatic rings. The van der Waals surface area contributed by atoms with E-state index < -0.39 is 0 Å². The van der Waals surface area contributed by atoms with Crippen LogP contribution < -0.4 is 0 Å². The van der Waals surface area contributed by atoms with Crippen LogP contribution >= 0.6 is 0 Å². The average Bonchev–Trinajstić information content (AvgIpc) is 2.47. The molecule has 2 heteroatoms. The smallest absolute Gasteiger partial charge is 0.127 e. The number of phenolic OH excluding ortho intramolecular Hbond substituents is 2. The van der Waals surface area contributed by atoms with Gasteiger partial charge in [-0.3, -0.25) is 0 Å². The van der Waals surface area contributed by atoms with Gasteiger partial charge in [0.1, 0.15) is 11.5 Å². The van der Waals surface area contributed by atoms with Crippen LogP contribution in [0, 0.1) is 6.92 Å². The molecule has 0 aliphatic carbocycles.